The van der Waals surface area contributed by atoms with E-state index in [-0.39, 0.29) is 4.90 Å². The summed E-state index contributed by atoms with van der Waals surface area (Å²) in [5.41, 5.74) is 0.826. The quantitative estimate of drug-likeness (QED) is 0.578. The second kappa shape index (κ2) is 8.21. The third kappa shape index (κ3) is 3.75. The summed E-state index contributed by atoms with van der Waals surface area (Å²) in [4.78, 5) is 16.2. The monoisotopic (exact) mass is 458 g/mol. The smallest absolute Gasteiger partial charge is 0.408 e. The van der Waals surface area contributed by atoms with Crippen molar-refractivity contribution in [2.45, 2.75) is 24.2 Å². The molecule has 0 unspecified atom stereocenters. The predicted octanol–water partition coefficient (Wildman–Crippen LogP) is 1.42. The van der Waals surface area contributed by atoms with Gasteiger partial charge in [0.15, 0.2) is 17.2 Å². The Hall–Kier alpha value is -2.92. The standard InChI is InChI=1S/C21H26N6O4S/c1-24-17-15-16(5-6-18(17)31-21(24)28)32(29,30)27-13-11-26(12-14-27)20-8-7-19(22-23-20)25-9-3-2-4-10-25/h5-8,15H,2-4,9-14H2,1H3. The number of piperazine rings is 1. The summed E-state index contributed by atoms with van der Waals surface area (Å²) < 4.78 is 34.2. The second-order valence-electron chi connectivity index (χ2n) is 8.25. The molecule has 0 N–H and O–H groups in total. The Morgan fingerprint density at radius 1 is 0.844 bits per heavy atom. The zero-order valence-corrected chi connectivity index (χ0v) is 18.8. The first-order valence-electron chi connectivity index (χ1n) is 10.9. The number of rotatable bonds is 4. The molecule has 0 bridgehead atoms. The van der Waals surface area contributed by atoms with Crippen molar-refractivity contribution in [2.24, 2.45) is 7.05 Å². The molecule has 0 atom stereocenters. The van der Waals surface area contributed by atoms with Gasteiger partial charge in [-0.3, -0.25) is 4.57 Å². The number of oxazole rings is 1. The van der Waals surface area contributed by atoms with Crippen LogP contribution in [0.4, 0.5) is 11.6 Å². The summed E-state index contributed by atoms with van der Waals surface area (Å²) in [5.74, 6) is 1.15. The fourth-order valence-electron chi connectivity index (χ4n) is 4.35. The first-order valence-corrected chi connectivity index (χ1v) is 12.3. The number of fused-ring (bicyclic) bond motifs is 1. The SMILES string of the molecule is Cn1c(=O)oc2ccc(S(=O)(=O)N3CCN(c4ccc(N5CCCCC5)nn4)CC3)cc21. The zero-order chi connectivity index (χ0) is 22.3. The molecule has 1 aromatic carbocycles. The molecular weight excluding hydrogens is 432 g/mol. The van der Waals surface area contributed by atoms with Crippen LogP contribution in [0.25, 0.3) is 11.1 Å². The van der Waals surface area contributed by atoms with Crippen LogP contribution in [-0.2, 0) is 17.1 Å². The molecule has 11 heteroatoms. The number of nitrogens with zero attached hydrogens (tertiary/aromatic N) is 6. The van der Waals surface area contributed by atoms with Gasteiger partial charge in [0.25, 0.3) is 0 Å². The Bertz CT molecular complexity index is 1270. The lowest BCUT2D eigenvalue weighted by atomic mass is 10.1. The van der Waals surface area contributed by atoms with E-state index in [4.69, 9.17) is 4.42 Å². The molecule has 0 amide bonds. The summed E-state index contributed by atoms with van der Waals surface area (Å²) in [7, 11) is -2.12. The summed E-state index contributed by atoms with van der Waals surface area (Å²) >= 11 is 0. The van der Waals surface area contributed by atoms with Crippen LogP contribution in [0.1, 0.15) is 19.3 Å². The summed E-state index contributed by atoms with van der Waals surface area (Å²) in [5, 5.41) is 8.79. The van der Waals surface area contributed by atoms with E-state index in [2.05, 4.69) is 20.0 Å². The van der Waals surface area contributed by atoms with E-state index in [1.807, 2.05) is 12.1 Å². The number of piperidine rings is 1. The number of anilines is 2. The molecule has 170 valence electrons. The van der Waals surface area contributed by atoms with Crippen molar-refractivity contribution in [1.82, 2.24) is 19.1 Å². The Labute approximate surface area is 186 Å². The lowest BCUT2D eigenvalue weighted by molar-refractivity contribution is 0.383. The number of sulfonamides is 1. The maximum Gasteiger partial charge on any atom is 0.419 e. The van der Waals surface area contributed by atoms with Gasteiger partial charge in [-0.05, 0) is 49.6 Å². The highest BCUT2D eigenvalue weighted by Crippen LogP contribution is 2.24. The van der Waals surface area contributed by atoms with Crippen molar-refractivity contribution >= 4 is 32.8 Å². The molecule has 2 aliphatic rings. The van der Waals surface area contributed by atoms with E-state index >= 15 is 0 Å². The molecule has 3 aromatic rings. The van der Waals surface area contributed by atoms with Crippen LogP contribution in [-0.4, -0.2) is 66.8 Å². The Kier molecular flexibility index (Phi) is 5.38. The topological polar surface area (TPSA) is 105 Å². The van der Waals surface area contributed by atoms with Crippen molar-refractivity contribution < 1.29 is 12.8 Å². The molecule has 2 aliphatic heterocycles. The molecule has 0 radical (unpaired) electrons. The molecule has 2 fully saturated rings. The normalized spacial score (nSPS) is 18.4. The van der Waals surface area contributed by atoms with Gasteiger partial charge < -0.3 is 14.2 Å². The van der Waals surface area contributed by atoms with Gasteiger partial charge in [-0.2, -0.15) is 4.31 Å². The Morgan fingerprint density at radius 3 is 2.09 bits per heavy atom. The first-order chi connectivity index (χ1) is 15.4. The van der Waals surface area contributed by atoms with Gasteiger partial charge in [0.1, 0.15) is 0 Å². The van der Waals surface area contributed by atoms with Gasteiger partial charge in [0.2, 0.25) is 10.0 Å². The van der Waals surface area contributed by atoms with Crippen molar-refractivity contribution in [2.75, 3.05) is 49.1 Å². The molecule has 32 heavy (non-hydrogen) atoms. The lowest BCUT2D eigenvalue weighted by Crippen LogP contribution is -2.49. The van der Waals surface area contributed by atoms with Crippen molar-refractivity contribution in [1.29, 1.82) is 0 Å². The average molecular weight is 459 g/mol. The summed E-state index contributed by atoms with van der Waals surface area (Å²) in [6.45, 7) is 3.79. The van der Waals surface area contributed by atoms with Crippen LogP contribution in [0.3, 0.4) is 0 Å². The number of aromatic nitrogens is 3. The Balaban J connectivity index is 1.27. The zero-order valence-electron chi connectivity index (χ0n) is 18.0. The fraction of sp³-hybridized carbons (Fsp3) is 0.476. The van der Waals surface area contributed by atoms with Gasteiger partial charge in [-0.25, -0.2) is 13.2 Å². The highest BCUT2D eigenvalue weighted by molar-refractivity contribution is 7.89. The molecule has 2 aromatic heterocycles. The third-order valence-corrected chi connectivity index (χ3v) is 8.17. The van der Waals surface area contributed by atoms with Gasteiger partial charge in [0.05, 0.1) is 10.4 Å². The highest BCUT2D eigenvalue weighted by atomic mass is 32.2. The van der Waals surface area contributed by atoms with Crippen LogP contribution in [0.2, 0.25) is 0 Å². The van der Waals surface area contributed by atoms with E-state index < -0.39 is 15.8 Å². The number of aryl methyl sites for hydroxylation is 1. The van der Waals surface area contributed by atoms with Crippen molar-refractivity contribution in [3.8, 4) is 0 Å². The Morgan fingerprint density at radius 2 is 1.47 bits per heavy atom. The van der Waals surface area contributed by atoms with Crippen molar-refractivity contribution in [3.05, 3.63) is 40.9 Å². The minimum absolute atomic E-state index is 0.153. The maximum absolute atomic E-state index is 13.2. The van der Waals surface area contributed by atoms with Gasteiger partial charge >= 0.3 is 5.76 Å². The largest absolute Gasteiger partial charge is 0.419 e. The molecule has 0 spiro atoms. The predicted molar refractivity (Wildman–Crippen MR) is 121 cm³/mol. The molecule has 10 nitrogen and oxygen atoms in total. The first kappa shape index (κ1) is 21.0. The van der Waals surface area contributed by atoms with E-state index in [1.165, 1.54) is 46.3 Å². The maximum atomic E-state index is 13.2. The third-order valence-electron chi connectivity index (χ3n) is 6.28. The van der Waals surface area contributed by atoms with E-state index in [1.54, 1.807) is 7.05 Å². The van der Waals surface area contributed by atoms with Crippen LogP contribution in [0.5, 0.6) is 0 Å². The van der Waals surface area contributed by atoms with E-state index in [0.29, 0.717) is 37.3 Å². The molecule has 5 rings (SSSR count). The van der Waals surface area contributed by atoms with E-state index in [0.717, 1.165) is 24.7 Å². The molecule has 0 aliphatic carbocycles. The van der Waals surface area contributed by atoms with Gasteiger partial charge in [0, 0.05) is 46.3 Å². The van der Waals surface area contributed by atoms with Crippen LogP contribution in [0, 0.1) is 0 Å². The molecule has 0 saturated carbocycles. The average Bonchev–Trinajstić information content (AvgIpc) is 3.12. The van der Waals surface area contributed by atoms with Crippen LogP contribution in [0.15, 0.2) is 44.4 Å². The fourth-order valence-corrected chi connectivity index (χ4v) is 5.79. The molecule has 2 saturated heterocycles. The lowest BCUT2D eigenvalue weighted by Gasteiger charge is -2.34. The van der Waals surface area contributed by atoms with Gasteiger partial charge in [-0.1, -0.05) is 0 Å². The van der Waals surface area contributed by atoms with Gasteiger partial charge in [-0.15, -0.1) is 10.2 Å². The minimum Gasteiger partial charge on any atom is -0.408 e. The minimum atomic E-state index is -3.68. The number of hydrogen-bond acceptors (Lipinski definition) is 8. The summed E-state index contributed by atoms with van der Waals surface area (Å²) in [6, 6.07) is 8.47. The highest BCUT2D eigenvalue weighted by Gasteiger charge is 2.30. The second-order valence-corrected chi connectivity index (χ2v) is 10.2. The number of hydrogen-bond donors (Lipinski definition) is 0. The number of benzene rings is 1. The van der Waals surface area contributed by atoms with Crippen molar-refractivity contribution in [3.63, 3.8) is 0 Å². The van der Waals surface area contributed by atoms with E-state index in [9.17, 15) is 13.2 Å². The summed E-state index contributed by atoms with van der Waals surface area (Å²) in [6.07, 6.45) is 3.64. The molecular formula is C21H26N6O4S. The molecule has 4 heterocycles. The van der Waals surface area contributed by atoms with Crippen LogP contribution < -0.4 is 15.6 Å². The van der Waals surface area contributed by atoms with Crippen LogP contribution >= 0.6 is 0 Å².